The molecular weight excluding hydrogens is 310 g/mol. The molecule has 4 heteroatoms. The molecule has 2 aromatic rings. The lowest BCUT2D eigenvalue weighted by molar-refractivity contribution is 0.132. The predicted molar refractivity (Wildman–Crippen MR) is 99.3 cm³/mol. The second kappa shape index (κ2) is 7.76. The molecule has 1 unspecified atom stereocenters. The molecule has 1 aliphatic rings. The zero-order valence-corrected chi connectivity index (χ0v) is 15.2. The van der Waals surface area contributed by atoms with Gasteiger partial charge >= 0.3 is 0 Å². The number of rotatable bonds is 5. The first-order chi connectivity index (χ1) is 12.1. The molecule has 132 valence electrons. The van der Waals surface area contributed by atoms with Gasteiger partial charge in [0.1, 0.15) is 17.5 Å². The minimum atomic E-state index is 0.330. The van der Waals surface area contributed by atoms with E-state index in [9.17, 15) is 10.4 Å². The summed E-state index contributed by atoms with van der Waals surface area (Å²) < 4.78 is 1.99. The number of nitrogens with zero attached hydrogens (tertiary/aromatic N) is 3. The SMILES string of the molecule is Cc1c(CN2CCCCC2CCc2ccc(O)cc2)cc(C#N)n1C. The Kier molecular flexibility index (Phi) is 5.45. The topological polar surface area (TPSA) is 52.2 Å². The zero-order chi connectivity index (χ0) is 17.8. The van der Waals surface area contributed by atoms with Gasteiger partial charge in [-0.1, -0.05) is 18.6 Å². The number of aryl methyl sites for hydroxylation is 1. The van der Waals surface area contributed by atoms with Crippen molar-refractivity contribution < 1.29 is 5.11 Å². The highest BCUT2D eigenvalue weighted by Crippen LogP contribution is 2.25. The minimum absolute atomic E-state index is 0.330. The largest absolute Gasteiger partial charge is 0.508 e. The molecule has 0 saturated carbocycles. The number of hydrogen-bond acceptors (Lipinski definition) is 3. The van der Waals surface area contributed by atoms with Gasteiger partial charge in [-0.25, -0.2) is 0 Å². The van der Waals surface area contributed by atoms with Gasteiger partial charge in [-0.15, -0.1) is 0 Å². The van der Waals surface area contributed by atoms with Crippen molar-refractivity contribution in [1.82, 2.24) is 9.47 Å². The van der Waals surface area contributed by atoms with Crippen molar-refractivity contribution in [3.8, 4) is 11.8 Å². The number of phenolic OH excluding ortho intramolecular Hbond substituents is 1. The minimum Gasteiger partial charge on any atom is -0.508 e. The van der Waals surface area contributed by atoms with Gasteiger partial charge in [0.25, 0.3) is 0 Å². The highest BCUT2D eigenvalue weighted by molar-refractivity contribution is 5.34. The van der Waals surface area contributed by atoms with Crippen LogP contribution in [0.3, 0.4) is 0 Å². The standard InChI is InChI=1S/C21H27N3O/c1-16-18(13-20(14-22)23(16)2)15-24-12-4-3-5-19(24)9-6-17-7-10-21(25)11-8-17/h7-8,10-11,13,19,25H,3-6,9,12,15H2,1-2H3. The molecule has 1 aromatic heterocycles. The molecule has 1 fully saturated rings. The Labute approximate surface area is 150 Å². The van der Waals surface area contributed by atoms with E-state index in [0.29, 0.717) is 11.8 Å². The Hall–Kier alpha value is -2.25. The van der Waals surface area contributed by atoms with E-state index >= 15 is 0 Å². The average molecular weight is 337 g/mol. The first kappa shape index (κ1) is 17.6. The van der Waals surface area contributed by atoms with Crippen LogP contribution in [-0.4, -0.2) is 27.2 Å². The maximum Gasteiger partial charge on any atom is 0.120 e. The van der Waals surface area contributed by atoms with Crippen molar-refractivity contribution in [2.45, 2.75) is 51.6 Å². The second-order valence-electron chi connectivity index (χ2n) is 7.14. The number of nitriles is 1. The predicted octanol–water partition coefficient (Wildman–Crippen LogP) is 3.90. The van der Waals surface area contributed by atoms with E-state index < -0.39 is 0 Å². The van der Waals surface area contributed by atoms with Crippen LogP contribution in [0.25, 0.3) is 0 Å². The van der Waals surface area contributed by atoms with Crippen molar-refractivity contribution >= 4 is 0 Å². The number of hydrogen-bond donors (Lipinski definition) is 1. The van der Waals surface area contributed by atoms with Gasteiger partial charge in [0.05, 0.1) is 0 Å². The molecule has 1 aliphatic heterocycles. The summed E-state index contributed by atoms with van der Waals surface area (Å²) in [5.41, 5.74) is 4.49. The average Bonchev–Trinajstić information content (AvgIpc) is 2.90. The second-order valence-corrected chi connectivity index (χ2v) is 7.14. The van der Waals surface area contributed by atoms with Crippen LogP contribution in [0.15, 0.2) is 30.3 Å². The van der Waals surface area contributed by atoms with Crippen molar-refractivity contribution in [3.63, 3.8) is 0 Å². The molecule has 0 radical (unpaired) electrons. The summed E-state index contributed by atoms with van der Waals surface area (Å²) in [6.45, 7) is 4.17. The zero-order valence-electron chi connectivity index (χ0n) is 15.2. The summed E-state index contributed by atoms with van der Waals surface area (Å²) >= 11 is 0. The number of likely N-dealkylation sites (tertiary alicyclic amines) is 1. The van der Waals surface area contributed by atoms with Crippen LogP contribution >= 0.6 is 0 Å². The van der Waals surface area contributed by atoms with Gasteiger partial charge in [0.15, 0.2) is 0 Å². The molecule has 1 saturated heterocycles. The monoisotopic (exact) mass is 337 g/mol. The Morgan fingerprint density at radius 2 is 2.00 bits per heavy atom. The molecule has 3 rings (SSSR count). The summed E-state index contributed by atoms with van der Waals surface area (Å²) in [4.78, 5) is 2.59. The van der Waals surface area contributed by atoms with Crippen LogP contribution in [0.4, 0.5) is 0 Å². The molecule has 1 atom stereocenters. The normalized spacial score (nSPS) is 18.2. The Morgan fingerprint density at radius 1 is 1.24 bits per heavy atom. The lowest BCUT2D eigenvalue weighted by Gasteiger charge is -2.36. The smallest absolute Gasteiger partial charge is 0.120 e. The molecule has 2 heterocycles. The third-order valence-corrected chi connectivity index (χ3v) is 5.58. The van der Waals surface area contributed by atoms with Crippen LogP contribution in [0.1, 0.15) is 48.2 Å². The van der Waals surface area contributed by atoms with E-state index in [2.05, 4.69) is 17.9 Å². The van der Waals surface area contributed by atoms with Gasteiger partial charge in [0, 0.05) is 25.3 Å². The van der Waals surface area contributed by atoms with Crippen molar-refractivity contribution in [3.05, 3.63) is 52.8 Å². The summed E-state index contributed by atoms with van der Waals surface area (Å²) in [6, 6.07) is 12.5. The molecule has 0 amide bonds. The van der Waals surface area contributed by atoms with E-state index in [4.69, 9.17) is 0 Å². The molecule has 0 spiro atoms. The first-order valence-electron chi connectivity index (χ1n) is 9.15. The summed E-state index contributed by atoms with van der Waals surface area (Å²) in [6.07, 6.45) is 5.98. The number of phenols is 1. The highest BCUT2D eigenvalue weighted by Gasteiger charge is 2.23. The molecule has 1 N–H and O–H groups in total. The van der Waals surface area contributed by atoms with Gasteiger partial charge in [0.2, 0.25) is 0 Å². The van der Waals surface area contributed by atoms with Gasteiger partial charge in [-0.05, 0) is 68.5 Å². The van der Waals surface area contributed by atoms with E-state index in [1.54, 1.807) is 12.1 Å². The third kappa shape index (κ3) is 4.05. The lowest BCUT2D eigenvalue weighted by Crippen LogP contribution is -2.39. The first-order valence-corrected chi connectivity index (χ1v) is 9.15. The number of aromatic nitrogens is 1. The molecule has 4 nitrogen and oxygen atoms in total. The number of piperidine rings is 1. The van der Waals surface area contributed by atoms with Crippen LogP contribution < -0.4 is 0 Å². The summed E-state index contributed by atoms with van der Waals surface area (Å²) in [5.74, 6) is 0.330. The van der Waals surface area contributed by atoms with Crippen molar-refractivity contribution in [2.75, 3.05) is 6.54 Å². The number of aromatic hydroxyl groups is 1. The van der Waals surface area contributed by atoms with E-state index in [0.717, 1.165) is 31.6 Å². The Bertz CT molecular complexity index is 755. The molecule has 0 bridgehead atoms. The quantitative estimate of drug-likeness (QED) is 0.900. The van der Waals surface area contributed by atoms with Gasteiger partial charge < -0.3 is 9.67 Å². The molecule has 1 aromatic carbocycles. The fourth-order valence-electron chi connectivity index (χ4n) is 3.84. The van der Waals surface area contributed by atoms with E-state index in [1.165, 1.54) is 36.1 Å². The van der Waals surface area contributed by atoms with Crippen molar-refractivity contribution in [1.29, 1.82) is 5.26 Å². The highest BCUT2D eigenvalue weighted by atomic mass is 16.3. The van der Waals surface area contributed by atoms with Crippen LogP contribution in [0, 0.1) is 18.3 Å². The Balaban J connectivity index is 1.66. The van der Waals surface area contributed by atoms with Gasteiger partial charge in [-0.2, -0.15) is 5.26 Å². The molecule has 25 heavy (non-hydrogen) atoms. The molecule has 0 aliphatic carbocycles. The molecular formula is C21H27N3O. The fourth-order valence-corrected chi connectivity index (χ4v) is 3.84. The fraction of sp³-hybridized carbons (Fsp3) is 0.476. The van der Waals surface area contributed by atoms with E-state index in [1.807, 2.05) is 29.8 Å². The maximum absolute atomic E-state index is 9.42. The summed E-state index contributed by atoms with van der Waals surface area (Å²) in [5, 5.41) is 18.7. The van der Waals surface area contributed by atoms with Crippen molar-refractivity contribution in [2.24, 2.45) is 7.05 Å². The summed E-state index contributed by atoms with van der Waals surface area (Å²) in [7, 11) is 1.97. The third-order valence-electron chi connectivity index (χ3n) is 5.58. The van der Waals surface area contributed by atoms with E-state index in [-0.39, 0.29) is 0 Å². The lowest BCUT2D eigenvalue weighted by atomic mass is 9.95. The van der Waals surface area contributed by atoms with Gasteiger partial charge in [-0.3, -0.25) is 4.90 Å². The van der Waals surface area contributed by atoms with Crippen LogP contribution in [-0.2, 0) is 20.0 Å². The van der Waals surface area contributed by atoms with Crippen LogP contribution in [0.2, 0.25) is 0 Å². The maximum atomic E-state index is 9.42. The van der Waals surface area contributed by atoms with Crippen LogP contribution in [0.5, 0.6) is 5.75 Å². The number of benzene rings is 1. The Morgan fingerprint density at radius 3 is 2.68 bits per heavy atom.